The van der Waals surface area contributed by atoms with Crippen LogP contribution in [-0.2, 0) is 6.54 Å². The number of pyridine rings is 1. The molecular formula is C21H27IN4O2. The van der Waals surface area contributed by atoms with Gasteiger partial charge in [0.1, 0.15) is 11.9 Å². The molecule has 1 fully saturated rings. The van der Waals surface area contributed by atoms with E-state index >= 15 is 0 Å². The number of benzene rings is 1. The normalized spacial score (nSPS) is 19.3. The number of aliphatic imine (C=N–C) groups is 1. The number of fused-ring (bicyclic) bond motifs is 1. The van der Waals surface area contributed by atoms with Gasteiger partial charge in [-0.05, 0) is 43.4 Å². The molecule has 0 bridgehead atoms. The van der Waals surface area contributed by atoms with E-state index in [0.717, 1.165) is 36.1 Å². The van der Waals surface area contributed by atoms with Gasteiger partial charge in [0.2, 0.25) is 5.88 Å². The number of guanidine groups is 1. The molecule has 2 aromatic rings. The molecule has 0 spiro atoms. The van der Waals surface area contributed by atoms with E-state index in [9.17, 15) is 0 Å². The van der Waals surface area contributed by atoms with Gasteiger partial charge in [0, 0.05) is 24.2 Å². The number of aromatic nitrogens is 1. The minimum absolute atomic E-state index is 0. The molecule has 28 heavy (non-hydrogen) atoms. The van der Waals surface area contributed by atoms with E-state index in [4.69, 9.17) is 15.2 Å². The molecule has 150 valence electrons. The van der Waals surface area contributed by atoms with Crippen LogP contribution in [0.2, 0.25) is 0 Å². The molecule has 3 N–H and O–H groups in total. The molecule has 1 aliphatic heterocycles. The molecule has 1 aromatic heterocycles. The fourth-order valence-corrected chi connectivity index (χ4v) is 3.68. The molecule has 1 atom stereocenters. The Balaban J connectivity index is 0.00000225. The molecule has 1 aromatic carbocycles. The molecule has 1 saturated carbocycles. The number of para-hydroxylation sites is 1. The minimum atomic E-state index is 0. The van der Waals surface area contributed by atoms with Gasteiger partial charge in [-0.1, -0.05) is 18.2 Å². The Hall–Kier alpha value is -2.03. The standard InChI is InChI=1S/C21H26N4O2.HI/c22-21(25-18-10-12-26-19-8-4-3-7-17(18)19)24-14-15-9-11-23-20(13-15)27-16-5-1-2-6-16;/h3-4,7-9,11,13,16,18H,1-2,5-6,10,12,14H2,(H3,22,24,25);1H. The van der Waals surface area contributed by atoms with Crippen molar-refractivity contribution in [1.82, 2.24) is 10.3 Å². The third-order valence-corrected chi connectivity index (χ3v) is 5.10. The van der Waals surface area contributed by atoms with Crippen molar-refractivity contribution in [2.75, 3.05) is 6.61 Å². The van der Waals surface area contributed by atoms with Gasteiger partial charge in [-0.15, -0.1) is 24.0 Å². The Morgan fingerprint density at radius 1 is 1.21 bits per heavy atom. The summed E-state index contributed by atoms with van der Waals surface area (Å²) in [5.41, 5.74) is 8.29. The maximum Gasteiger partial charge on any atom is 0.213 e. The smallest absolute Gasteiger partial charge is 0.213 e. The summed E-state index contributed by atoms with van der Waals surface area (Å²) in [5.74, 6) is 2.03. The van der Waals surface area contributed by atoms with Gasteiger partial charge in [0.05, 0.1) is 19.2 Å². The average Bonchev–Trinajstić information content (AvgIpc) is 3.20. The van der Waals surface area contributed by atoms with Crippen molar-refractivity contribution >= 4 is 29.9 Å². The second kappa shape index (κ2) is 9.95. The van der Waals surface area contributed by atoms with Crippen molar-refractivity contribution in [2.24, 2.45) is 10.7 Å². The first-order valence-corrected chi connectivity index (χ1v) is 9.68. The summed E-state index contributed by atoms with van der Waals surface area (Å²) in [7, 11) is 0. The number of nitrogens with one attached hydrogen (secondary N) is 1. The summed E-state index contributed by atoms with van der Waals surface area (Å²) in [6.07, 6.45) is 7.66. The SMILES string of the molecule is I.NC(=NCc1ccnc(OC2CCCC2)c1)NC1CCOc2ccccc21. The average molecular weight is 494 g/mol. The van der Waals surface area contributed by atoms with Crippen LogP contribution in [0.15, 0.2) is 47.6 Å². The third kappa shape index (κ3) is 5.27. The lowest BCUT2D eigenvalue weighted by Gasteiger charge is -2.26. The number of nitrogens with two attached hydrogens (primary N) is 1. The van der Waals surface area contributed by atoms with Crippen molar-refractivity contribution in [3.8, 4) is 11.6 Å². The maximum absolute atomic E-state index is 6.13. The van der Waals surface area contributed by atoms with Crippen molar-refractivity contribution in [2.45, 2.75) is 50.8 Å². The summed E-state index contributed by atoms with van der Waals surface area (Å²) < 4.78 is 11.7. The van der Waals surface area contributed by atoms with Gasteiger partial charge < -0.3 is 20.5 Å². The Morgan fingerprint density at radius 3 is 2.89 bits per heavy atom. The van der Waals surface area contributed by atoms with Crippen LogP contribution in [0, 0.1) is 0 Å². The van der Waals surface area contributed by atoms with Crippen molar-refractivity contribution in [3.05, 3.63) is 53.7 Å². The van der Waals surface area contributed by atoms with E-state index < -0.39 is 0 Å². The predicted molar refractivity (Wildman–Crippen MR) is 120 cm³/mol. The number of halogens is 1. The predicted octanol–water partition coefficient (Wildman–Crippen LogP) is 3.95. The number of nitrogens with zero attached hydrogens (tertiary/aromatic N) is 2. The quantitative estimate of drug-likeness (QED) is 0.374. The number of ether oxygens (including phenoxy) is 2. The van der Waals surface area contributed by atoms with Crippen molar-refractivity contribution in [1.29, 1.82) is 0 Å². The molecule has 1 aliphatic carbocycles. The van der Waals surface area contributed by atoms with E-state index in [1.54, 1.807) is 6.20 Å². The van der Waals surface area contributed by atoms with Gasteiger partial charge in [0.15, 0.2) is 5.96 Å². The van der Waals surface area contributed by atoms with Crippen LogP contribution in [0.4, 0.5) is 0 Å². The van der Waals surface area contributed by atoms with Gasteiger partial charge >= 0.3 is 0 Å². The minimum Gasteiger partial charge on any atom is -0.493 e. The molecule has 0 saturated heterocycles. The highest BCUT2D eigenvalue weighted by molar-refractivity contribution is 14.0. The third-order valence-electron chi connectivity index (χ3n) is 5.10. The lowest BCUT2D eigenvalue weighted by atomic mass is 10.0. The zero-order valence-electron chi connectivity index (χ0n) is 15.8. The van der Waals surface area contributed by atoms with Crippen LogP contribution in [0.3, 0.4) is 0 Å². The molecule has 1 unspecified atom stereocenters. The lowest BCUT2D eigenvalue weighted by molar-refractivity contribution is 0.201. The molecule has 7 heteroatoms. The molecule has 6 nitrogen and oxygen atoms in total. The number of hydrogen-bond acceptors (Lipinski definition) is 4. The summed E-state index contributed by atoms with van der Waals surface area (Å²) in [6, 6.07) is 12.1. The Kier molecular flexibility index (Phi) is 7.36. The van der Waals surface area contributed by atoms with Crippen LogP contribution in [0.1, 0.15) is 49.3 Å². The molecule has 2 heterocycles. The van der Waals surface area contributed by atoms with Gasteiger partial charge in [-0.3, -0.25) is 0 Å². The fourth-order valence-electron chi connectivity index (χ4n) is 3.68. The first kappa shape index (κ1) is 20.7. The molecule has 2 aliphatic rings. The van der Waals surface area contributed by atoms with E-state index in [0.29, 0.717) is 31.1 Å². The van der Waals surface area contributed by atoms with Crippen molar-refractivity contribution in [3.63, 3.8) is 0 Å². The van der Waals surface area contributed by atoms with Crippen LogP contribution >= 0.6 is 24.0 Å². The van der Waals surface area contributed by atoms with Gasteiger partial charge in [-0.25, -0.2) is 9.98 Å². The summed E-state index contributed by atoms with van der Waals surface area (Å²) in [5, 5.41) is 3.32. The largest absolute Gasteiger partial charge is 0.493 e. The van der Waals surface area contributed by atoms with Crippen molar-refractivity contribution < 1.29 is 9.47 Å². The molecule has 0 amide bonds. The molecule has 0 radical (unpaired) electrons. The first-order valence-electron chi connectivity index (χ1n) is 9.68. The highest BCUT2D eigenvalue weighted by Gasteiger charge is 2.21. The topological polar surface area (TPSA) is 81.8 Å². The number of rotatable bonds is 5. The van der Waals surface area contributed by atoms with Crippen LogP contribution in [0.5, 0.6) is 11.6 Å². The Morgan fingerprint density at radius 2 is 2.04 bits per heavy atom. The summed E-state index contributed by atoms with van der Waals surface area (Å²) in [6.45, 7) is 1.17. The monoisotopic (exact) mass is 494 g/mol. The highest BCUT2D eigenvalue weighted by atomic mass is 127. The van der Waals surface area contributed by atoms with Gasteiger partial charge in [0.25, 0.3) is 0 Å². The van der Waals surface area contributed by atoms with Gasteiger partial charge in [-0.2, -0.15) is 0 Å². The van der Waals surface area contributed by atoms with Crippen LogP contribution in [-0.4, -0.2) is 23.7 Å². The second-order valence-corrected chi connectivity index (χ2v) is 7.10. The summed E-state index contributed by atoms with van der Waals surface area (Å²) in [4.78, 5) is 8.81. The molecule has 4 rings (SSSR count). The highest BCUT2D eigenvalue weighted by Crippen LogP contribution is 2.31. The Labute approximate surface area is 183 Å². The van der Waals surface area contributed by atoms with E-state index in [2.05, 4.69) is 21.4 Å². The first-order chi connectivity index (χ1) is 13.3. The molecular weight excluding hydrogens is 467 g/mol. The fraction of sp³-hybridized carbons (Fsp3) is 0.429. The zero-order chi connectivity index (χ0) is 18.5. The van der Waals surface area contributed by atoms with E-state index in [-0.39, 0.29) is 30.0 Å². The number of hydrogen-bond donors (Lipinski definition) is 2. The van der Waals surface area contributed by atoms with E-state index in [1.807, 2.05) is 30.3 Å². The van der Waals surface area contributed by atoms with Crippen LogP contribution < -0.4 is 20.5 Å². The lowest BCUT2D eigenvalue weighted by Crippen LogP contribution is -2.37. The van der Waals surface area contributed by atoms with Crippen LogP contribution in [0.25, 0.3) is 0 Å². The summed E-state index contributed by atoms with van der Waals surface area (Å²) >= 11 is 0. The zero-order valence-corrected chi connectivity index (χ0v) is 18.2. The van der Waals surface area contributed by atoms with E-state index in [1.165, 1.54) is 12.8 Å². The maximum atomic E-state index is 6.13. The second-order valence-electron chi connectivity index (χ2n) is 7.10. The Bertz CT molecular complexity index is 808.